The van der Waals surface area contributed by atoms with Crippen LogP contribution in [0, 0.1) is 6.92 Å². The van der Waals surface area contributed by atoms with E-state index in [1.54, 1.807) is 23.9 Å². The number of aromatic nitrogens is 4. The molecular formula is C17H18N4O2. The van der Waals surface area contributed by atoms with Crippen LogP contribution in [0.1, 0.15) is 18.2 Å². The standard InChI is InChI=1S/C17H18N4O2/c1-4-23-16(22)6-5-14-12(2)19-20(3)17(14)21-10-8-13-11-18-9-7-15(13)21/h5-11H,4H2,1-3H3. The molecule has 0 unspecified atom stereocenters. The second-order valence-electron chi connectivity index (χ2n) is 5.15. The van der Waals surface area contributed by atoms with Crippen LogP contribution in [0.3, 0.4) is 0 Å². The number of pyridine rings is 1. The molecule has 6 nitrogen and oxygen atoms in total. The summed E-state index contributed by atoms with van der Waals surface area (Å²) < 4.78 is 8.79. The first-order chi connectivity index (χ1) is 11.1. The van der Waals surface area contributed by atoms with Gasteiger partial charge in [0.05, 0.1) is 17.8 Å². The Bertz CT molecular complexity index is 889. The van der Waals surface area contributed by atoms with E-state index in [2.05, 4.69) is 10.1 Å². The molecule has 3 aromatic rings. The largest absolute Gasteiger partial charge is 0.463 e. The molecule has 23 heavy (non-hydrogen) atoms. The molecule has 0 aliphatic heterocycles. The van der Waals surface area contributed by atoms with Crippen molar-refractivity contribution >= 4 is 22.9 Å². The van der Waals surface area contributed by atoms with Gasteiger partial charge in [0.1, 0.15) is 5.82 Å². The van der Waals surface area contributed by atoms with Gasteiger partial charge in [-0.25, -0.2) is 4.79 Å². The van der Waals surface area contributed by atoms with Crippen molar-refractivity contribution in [2.45, 2.75) is 13.8 Å². The van der Waals surface area contributed by atoms with Gasteiger partial charge in [-0.3, -0.25) is 9.67 Å². The monoisotopic (exact) mass is 310 g/mol. The number of carbonyl (C=O) groups excluding carboxylic acids is 1. The lowest BCUT2D eigenvalue weighted by molar-refractivity contribution is -0.137. The molecule has 0 aromatic carbocycles. The van der Waals surface area contributed by atoms with E-state index in [9.17, 15) is 4.79 Å². The number of nitrogens with zero attached hydrogens (tertiary/aromatic N) is 4. The van der Waals surface area contributed by atoms with E-state index < -0.39 is 0 Å². The highest BCUT2D eigenvalue weighted by Crippen LogP contribution is 2.24. The molecule has 0 saturated heterocycles. The smallest absolute Gasteiger partial charge is 0.330 e. The van der Waals surface area contributed by atoms with Crippen molar-refractivity contribution in [2.24, 2.45) is 7.05 Å². The summed E-state index contributed by atoms with van der Waals surface area (Å²) in [5, 5.41) is 5.52. The Labute approximate surface area is 134 Å². The summed E-state index contributed by atoms with van der Waals surface area (Å²) in [6.45, 7) is 4.06. The average molecular weight is 310 g/mol. The van der Waals surface area contributed by atoms with Gasteiger partial charge >= 0.3 is 5.97 Å². The number of ether oxygens (including phenoxy) is 1. The van der Waals surface area contributed by atoms with E-state index >= 15 is 0 Å². The maximum absolute atomic E-state index is 11.6. The van der Waals surface area contributed by atoms with Gasteiger partial charge in [-0.2, -0.15) is 5.10 Å². The molecule has 0 bridgehead atoms. The number of hydrogen-bond donors (Lipinski definition) is 0. The molecule has 0 amide bonds. The molecule has 0 aliphatic carbocycles. The van der Waals surface area contributed by atoms with Gasteiger partial charge in [0.25, 0.3) is 0 Å². The van der Waals surface area contributed by atoms with Crippen LogP contribution in [0.5, 0.6) is 0 Å². The third-order valence-electron chi connectivity index (χ3n) is 3.63. The molecule has 0 aliphatic rings. The predicted octanol–water partition coefficient (Wildman–Crippen LogP) is 2.64. The summed E-state index contributed by atoms with van der Waals surface area (Å²) in [6.07, 6.45) is 8.75. The lowest BCUT2D eigenvalue weighted by Gasteiger charge is -2.07. The van der Waals surface area contributed by atoms with Crippen LogP contribution < -0.4 is 0 Å². The van der Waals surface area contributed by atoms with Crippen molar-refractivity contribution < 1.29 is 9.53 Å². The zero-order chi connectivity index (χ0) is 16.4. The van der Waals surface area contributed by atoms with Crippen LogP contribution in [0.15, 0.2) is 36.8 Å². The predicted molar refractivity (Wildman–Crippen MR) is 88.2 cm³/mol. The molecule has 3 aromatic heterocycles. The quantitative estimate of drug-likeness (QED) is 0.549. The number of fused-ring (bicyclic) bond motifs is 1. The van der Waals surface area contributed by atoms with Crippen LogP contribution in [0.25, 0.3) is 22.8 Å². The highest BCUT2D eigenvalue weighted by Gasteiger charge is 2.15. The zero-order valence-corrected chi connectivity index (χ0v) is 13.4. The van der Waals surface area contributed by atoms with Crippen molar-refractivity contribution in [3.63, 3.8) is 0 Å². The Balaban J connectivity index is 2.11. The molecule has 118 valence electrons. The second-order valence-corrected chi connectivity index (χ2v) is 5.15. The summed E-state index contributed by atoms with van der Waals surface area (Å²) in [4.78, 5) is 15.7. The number of rotatable bonds is 4. The second kappa shape index (κ2) is 6.08. The molecule has 6 heteroatoms. The van der Waals surface area contributed by atoms with Gasteiger partial charge in [-0.1, -0.05) is 0 Å². The third-order valence-corrected chi connectivity index (χ3v) is 3.63. The average Bonchev–Trinajstić information content (AvgIpc) is 3.06. The van der Waals surface area contributed by atoms with E-state index in [0.29, 0.717) is 6.61 Å². The zero-order valence-electron chi connectivity index (χ0n) is 13.4. The Hall–Kier alpha value is -2.89. The maximum Gasteiger partial charge on any atom is 0.330 e. The molecule has 0 radical (unpaired) electrons. The van der Waals surface area contributed by atoms with Crippen molar-refractivity contribution in [1.82, 2.24) is 19.3 Å². The van der Waals surface area contributed by atoms with Crippen LogP contribution in [0.4, 0.5) is 0 Å². The number of aryl methyl sites for hydroxylation is 2. The Morgan fingerprint density at radius 1 is 1.39 bits per heavy atom. The minimum absolute atomic E-state index is 0.358. The topological polar surface area (TPSA) is 61.9 Å². The fourth-order valence-electron chi connectivity index (χ4n) is 2.65. The van der Waals surface area contributed by atoms with E-state index in [1.807, 2.05) is 43.1 Å². The molecule has 3 heterocycles. The minimum atomic E-state index is -0.358. The SMILES string of the molecule is CCOC(=O)C=Cc1c(C)nn(C)c1-n1ccc2cnccc21. The minimum Gasteiger partial charge on any atom is -0.463 e. The first-order valence-electron chi connectivity index (χ1n) is 7.41. The summed E-state index contributed by atoms with van der Waals surface area (Å²) in [6, 6.07) is 3.96. The van der Waals surface area contributed by atoms with Crippen molar-refractivity contribution in [3.8, 4) is 5.82 Å². The van der Waals surface area contributed by atoms with E-state index in [4.69, 9.17) is 4.74 Å². The lowest BCUT2D eigenvalue weighted by atomic mass is 10.2. The fraction of sp³-hybridized carbons (Fsp3) is 0.235. The van der Waals surface area contributed by atoms with Gasteiger partial charge in [0.2, 0.25) is 0 Å². The normalized spacial score (nSPS) is 11.4. The van der Waals surface area contributed by atoms with Gasteiger partial charge < -0.3 is 9.30 Å². The Morgan fingerprint density at radius 3 is 3.00 bits per heavy atom. The number of esters is 1. The van der Waals surface area contributed by atoms with Crippen LogP contribution >= 0.6 is 0 Å². The summed E-state index contributed by atoms with van der Waals surface area (Å²) in [5.41, 5.74) is 2.77. The van der Waals surface area contributed by atoms with Crippen molar-refractivity contribution in [3.05, 3.63) is 48.1 Å². The van der Waals surface area contributed by atoms with Gasteiger partial charge in [-0.15, -0.1) is 0 Å². The van der Waals surface area contributed by atoms with Crippen molar-refractivity contribution in [2.75, 3.05) is 6.61 Å². The van der Waals surface area contributed by atoms with Gasteiger partial charge in [0, 0.05) is 42.7 Å². The molecule has 0 N–H and O–H groups in total. The summed E-state index contributed by atoms with van der Waals surface area (Å²) in [5.74, 6) is 0.535. The number of hydrogen-bond acceptors (Lipinski definition) is 4. The van der Waals surface area contributed by atoms with Crippen LogP contribution in [-0.2, 0) is 16.6 Å². The van der Waals surface area contributed by atoms with E-state index in [0.717, 1.165) is 28.0 Å². The lowest BCUT2D eigenvalue weighted by Crippen LogP contribution is -2.03. The first kappa shape index (κ1) is 15.0. The third kappa shape index (κ3) is 2.75. The Kier molecular flexibility index (Phi) is 3.97. The molecular weight excluding hydrogens is 292 g/mol. The fourth-order valence-corrected chi connectivity index (χ4v) is 2.65. The van der Waals surface area contributed by atoms with E-state index in [-0.39, 0.29) is 5.97 Å². The number of carbonyl (C=O) groups is 1. The van der Waals surface area contributed by atoms with E-state index in [1.165, 1.54) is 6.08 Å². The highest BCUT2D eigenvalue weighted by atomic mass is 16.5. The van der Waals surface area contributed by atoms with Crippen molar-refractivity contribution in [1.29, 1.82) is 0 Å². The first-order valence-corrected chi connectivity index (χ1v) is 7.41. The maximum atomic E-state index is 11.6. The molecule has 0 fully saturated rings. The van der Waals surface area contributed by atoms with Crippen LogP contribution in [-0.4, -0.2) is 31.9 Å². The summed E-state index contributed by atoms with van der Waals surface area (Å²) in [7, 11) is 1.89. The molecule has 0 saturated carbocycles. The molecule has 0 atom stereocenters. The molecule has 0 spiro atoms. The van der Waals surface area contributed by atoms with Gasteiger partial charge in [-0.05, 0) is 32.1 Å². The summed E-state index contributed by atoms with van der Waals surface area (Å²) >= 11 is 0. The van der Waals surface area contributed by atoms with Crippen LogP contribution in [0.2, 0.25) is 0 Å². The molecule has 3 rings (SSSR count). The highest BCUT2D eigenvalue weighted by molar-refractivity contribution is 5.88. The Morgan fingerprint density at radius 2 is 2.22 bits per heavy atom. The van der Waals surface area contributed by atoms with Gasteiger partial charge in [0.15, 0.2) is 0 Å².